The molecule has 0 bridgehead atoms. The molecule has 0 aromatic heterocycles. The molecular formula is C20H28N2O2. The van der Waals surface area contributed by atoms with Crippen molar-refractivity contribution in [3.05, 3.63) is 29.8 Å². The molecule has 1 unspecified atom stereocenters. The number of hydrogen-bond acceptors (Lipinski definition) is 2. The lowest BCUT2D eigenvalue weighted by atomic mass is 9.95. The van der Waals surface area contributed by atoms with Crippen molar-refractivity contribution < 1.29 is 9.59 Å². The zero-order valence-corrected chi connectivity index (χ0v) is 15.0. The first-order valence-corrected chi connectivity index (χ1v) is 9.16. The van der Waals surface area contributed by atoms with Crippen molar-refractivity contribution in [1.29, 1.82) is 0 Å². The van der Waals surface area contributed by atoms with Gasteiger partial charge in [0.05, 0.1) is 0 Å². The van der Waals surface area contributed by atoms with E-state index in [1.165, 1.54) is 18.4 Å². The molecule has 1 heterocycles. The summed E-state index contributed by atoms with van der Waals surface area (Å²) in [4.78, 5) is 27.1. The van der Waals surface area contributed by atoms with Crippen molar-refractivity contribution in [3.63, 3.8) is 0 Å². The monoisotopic (exact) mass is 328 g/mol. The van der Waals surface area contributed by atoms with Crippen LogP contribution < -0.4 is 10.2 Å². The van der Waals surface area contributed by atoms with E-state index in [0.717, 1.165) is 18.5 Å². The molecule has 1 atom stereocenters. The lowest BCUT2D eigenvalue weighted by molar-refractivity contribution is -0.127. The van der Waals surface area contributed by atoms with Crippen LogP contribution >= 0.6 is 0 Å². The molecule has 1 saturated carbocycles. The molecule has 24 heavy (non-hydrogen) atoms. The van der Waals surface area contributed by atoms with Gasteiger partial charge in [-0.3, -0.25) is 14.5 Å². The molecule has 4 nitrogen and oxygen atoms in total. The first-order chi connectivity index (χ1) is 11.4. The minimum Gasteiger partial charge on any atom is -0.351 e. The van der Waals surface area contributed by atoms with E-state index in [4.69, 9.17) is 0 Å². The smallest absolute Gasteiger partial charge is 0.246 e. The first kappa shape index (κ1) is 17.0. The highest BCUT2D eigenvalue weighted by molar-refractivity contribution is 6.06. The summed E-state index contributed by atoms with van der Waals surface area (Å²) >= 11 is 0. The van der Waals surface area contributed by atoms with Crippen LogP contribution in [0.3, 0.4) is 0 Å². The molecule has 3 rings (SSSR count). The molecule has 2 aliphatic rings. The summed E-state index contributed by atoms with van der Waals surface area (Å²) in [7, 11) is 0. The van der Waals surface area contributed by atoms with Crippen LogP contribution in [0.25, 0.3) is 0 Å². The van der Waals surface area contributed by atoms with E-state index in [0.29, 0.717) is 18.8 Å². The summed E-state index contributed by atoms with van der Waals surface area (Å²) in [5.74, 6) is 0.481. The highest BCUT2D eigenvalue weighted by Crippen LogP contribution is 2.36. The van der Waals surface area contributed by atoms with Crippen LogP contribution in [0.5, 0.6) is 0 Å². The third kappa shape index (κ3) is 3.06. The molecule has 2 fully saturated rings. The molecule has 1 aromatic carbocycles. The van der Waals surface area contributed by atoms with Crippen molar-refractivity contribution in [2.45, 2.75) is 76.8 Å². The van der Waals surface area contributed by atoms with Crippen molar-refractivity contribution >= 4 is 17.5 Å². The molecule has 4 heteroatoms. The van der Waals surface area contributed by atoms with Crippen LogP contribution in [0.2, 0.25) is 0 Å². The normalized spacial score (nSPS) is 24.8. The van der Waals surface area contributed by atoms with Gasteiger partial charge >= 0.3 is 0 Å². The van der Waals surface area contributed by atoms with E-state index in [9.17, 15) is 9.59 Å². The maximum atomic E-state index is 12.9. The van der Waals surface area contributed by atoms with Gasteiger partial charge < -0.3 is 5.32 Å². The second-order valence-corrected chi connectivity index (χ2v) is 7.70. The Balaban J connectivity index is 1.83. The van der Waals surface area contributed by atoms with Crippen LogP contribution in [0.15, 0.2) is 24.3 Å². The Bertz CT molecular complexity index is 617. The van der Waals surface area contributed by atoms with Crippen molar-refractivity contribution in [2.24, 2.45) is 0 Å². The van der Waals surface area contributed by atoms with Crippen LogP contribution in [0.1, 0.15) is 70.8 Å². The van der Waals surface area contributed by atoms with Crippen LogP contribution in [0.4, 0.5) is 5.69 Å². The molecular weight excluding hydrogens is 300 g/mol. The molecule has 2 amide bonds. The molecule has 130 valence electrons. The molecule has 1 aliphatic heterocycles. The maximum absolute atomic E-state index is 12.9. The van der Waals surface area contributed by atoms with Gasteiger partial charge in [-0.25, -0.2) is 0 Å². The Morgan fingerprint density at radius 1 is 1.21 bits per heavy atom. The number of carbonyl (C=O) groups excluding carboxylic acids is 2. The fraction of sp³-hybridized carbons (Fsp3) is 0.600. The van der Waals surface area contributed by atoms with Gasteiger partial charge in [0.25, 0.3) is 0 Å². The average Bonchev–Trinajstić information content (AvgIpc) is 3.16. The lowest BCUT2D eigenvalue weighted by Crippen LogP contribution is -2.56. The summed E-state index contributed by atoms with van der Waals surface area (Å²) in [5, 5.41) is 3.18. The lowest BCUT2D eigenvalue weighted by Gasteiger charge is -2.35. The second-order valence-electron chi connectivity index (χ2n) is 7.70. The Hall–Kier alpha value is -1.84. The van der Waals surface area contributed by atoms with Crippen molar-refractivity contribution in [2.75, 3.05) is 4.90 Å². The number of amides is 2. The minimum atomic E-state index is -0.779. The number of nitrogens with one attached hydrogen (secondary N) is 1. The second kappa shape index (κ2) is 6.58. The highest BCUT2D eigenvalue weighted by Gasteiger charge is 2.48. The Labute approximate surface area is 144 Å². The number of carbonyl (C=O) groups is 2. The van der Waals surface area contributed by atoms with Crippen molar-refractivity contribution in [3.8, 4) is 0 Å². The largest absolute Gasteiger partial charge is 0.351 e. The fourth-order valence-corrected chi connectivity index (χ4v) is 3.91. The molecule has 1 saturated heterocycles. The Morgan fingerprint density at radius 3 is 2.42 bits per heavy atom. The predicted molar refractivity (Wildman–Crippen MR) is 96.1 cm³/mol. The van der Waals surface area contributed by atoms with Gasteiger partial charge in [-0.05, 0) is 49.8 Å². The van der Waals surface area contributed by atoms with Gasteiger partial charge in [-0.2, -0.15) is 0 Å². The number of rotatable bonds is 4. The summed E-state index contributed by atoms with van der Waals surface area (Å²) in [6, 6.07) is 8.33. The average molecular weight is 328 g/mol. The molecule has 1 aliphatic carbocycles. The topological polar surface area (TPSA) is 49.4 Å². The van der Waals surface area contributed by atoms with Gasteiger partial charge in [0.1, 0.15) is 5.54 Å². The Kier molecular flexibility index (Phi) is 4.66. The van der Waals surface area contributed by atoms with Crippen LogP contribution in [-0.4, -0.2) is 23.4 Å². The Morgan fingerprint density at radius 2 is 1.83 bits per heavy atom. The number of hydrogen-bond donors (Lipinski definition) is 1. The minimum absolute atomic E-state index is 0.00631. The summed E-state index contributed by atoms with van der Waals surface area (Å²) in [6.07, 6.45) is 5.48. The zero-order chi connectivity index (χ0) is 17.3. The maximum Gasteiger partial charge on any atom is 0.246 e. The third-order valence-corrected chi connectivity index (χ3v) is 5.57. The summed E-state index contributed by atoms with van der Waals surface area (Å²) in [6.45, 7) is 6.20. The number of anilines is 1. The first-order valence-electron chi connectivity index (χ1n) is 9.16. The summed E-state index contributed by atoms with van der Waals surface area (Å²) < 4.78 is 0. The van der Waals surface area contributed by atoms with E-state index in [1.54, 1.807) is 4.90 Å². The molecule has 1 N–H and O–H groups in total. The number of benzene rings is 1. The van der Waals surface area contributed by atoms with Crippen molar-refractivity contribution in [1.82, 2.24) is 5.32 Å². The van der Waals surface area contributed by atoms with E-state index < -0.39 is 5.54 Å². The standard InChI is InChI=1S/C20H28N2O2/c1-14(2)15-8-10-17(11-9-15)22-18(23)12-13-20(22,3)19(24)21-16-6-4-5-7-16/h8-11,14,16H,4-7,12-13H2,1-3H3,(H,21,24). The molecule has 0 radical (unpaired) electrons. The van der Waals surface area contributed by atoms with Gasteiger partial charge in [0.2, 0.25) is 11.8 Å². The van der Waals surface area contributed by atoms with E-state index in [2.05, 4.69) is 31.3 Å². The molecule has 0 spiro atoms. The van der Waals surface area contributed by atoms with Crippen LogP contribution in [-0.2, 0) is 9.59 Å². The fourth-order valence-electron chi connectivity index (χ4n) is 3.91. The predicted octanol–water partition coefficient (Wildman–Crippen LogP) is 3.75. The van der Waals surface area contributed by atoms with Crippen LogP contribution in [0, 0.1) is 0 Å². The van der Waals surface area contributed by atoms with Gasteiger partial charge in [0.15, 0.2) is 0 Å². The highest BCUT2D eigenvalue weighted by atomic mass is 16.2. The van der Waals surface area contributed by atoms with E-state index in [-0.39, 0.29) is 17.9 Å². The van der Waals surface area contributed by atoms with Gasteiger partial charge in [-0.1, -0.05) is 38.8 Å². The van der Waals surface area contributed by atoms with Gasteiger partial charge in [0, 0.05) is 18.2 Å². The van der Waals surface area contributed by atoms with E-state index in [1.807, 2.05) is 19.1 Å². The number of nitrogens with zero attached hydrogens (tertiary/aromatic N) is 1. The quantitative estimate of drug-likeness (QED) is 0.915. The summed E-state index contributed by atoms with van der Waals surface area (Å²) in [5.41, 5.74) is 1.28. The third-order valence-electron chi connectivity index (χ3n) is 5.57. The van der Waals surface area contributed by atoms with E-state index >= 15 is 0 Å². The zero-order valence-electron chi connectivity index (χ0n) is 15.0. The van der Waals surface area contributed by atoms with Gasteiger partial charge in [-0.15, -0.1) is 0 Å². The molecule has 1 aromatic rings. The SMILES string of the molecule is CC(C)c1ccc(N2C(=O)CCC2(C)C(=O)NC2CCCC2)cc1.